The third-order valence-corrected chi connectivity index (χ3v) is 8.18. The van der Waals surface area contributed by atoms with Gasteiger partial charge in [0.1, 0.15) is 0 Å². The minimum Gasteiger partial charge on any atom is -0.480 e. The van der Waals surface area contributed by atoms with Crippen molar-refractivity contribution in [1.29, 1.82) is 0 Å². The van der Waals surface area contributed by atoms with Crippen LogP contribution in [-0.2, 0) is 9.59 Å². The van der Waals surface area contributed by atoms with E-state index in [0.29, 0.717) is 12.1 Å². The number of alkyl halides is 2. The molecule has 1 heterocycles. The van der Waals surface area contributed by atoms with Gasteiger partial charge in [-0.3, -0.25) is 0 Å². The summed E-state index contributed by atoms with van der Waals surface area (Å²) in [6.45, 7) is 3.48. The number of amides is 3. The molecule has 1 aliphatic heterocycles. The number of halogens is 1. The van der Waals surface area contributed by atoms with Crippen LogP contribution in [0, 0.1) is 9.49 Å². The number of carboxylic acids is 1. The van der Waals surface area contributed by atoms with E-state index in [0.717, 1.165) is 0 Å². The van der Waals surface area contributed by atoms with E-state index in [9.17, 15) is 14.4 Å². The van der Waals surface area contributed by atoms with E-state index in [1.807, 2.05) is 26.0 Å². The molecule has 1 aromatic rings. The quantitative estimate of drug-likeness (QED) is 0.352. The van der Waals surface area contributed by atoms with Crippen LogP contribution in [0.3, 0.4) is 0 Å². The summed E-state index contributed by atoms with van der Waals surface area (Å²) in [7, 11) is 0. The van der Waals surface area contributed by atoms with E-state index in [1.54, 1.807) is 0 Å². The average molecular weight is 461 g/mol. The molecule has 0 spiro atoms. The minimum atomic E-state index is -1.08. The van der Waals surface area contributed by atoms with Gasteiger partial charge in [-0.1, -0.05) is 13.8 Å². The molecule has 1 fully saturated rings. The van der Waals surface area contributed by atoms with Crippen molar-refractivity contribution in [2.24, 2.45) is 5.92 Å². The molecule has 1 atom stereocenters. The topological polar surface area (TPSA) is 108 Å². The molecule has 3 amide bonds. The van der Waals surface area contributed by atoms with Gasteiger partial charge in [0.25, 0.3) is 0 Å². The van der Waals surface area contributed by atoms with Crippen molar-refractivity contribution in [3.63, 3.8) is 0 Å². The second-order valence-corrected chi connectivity index (χ2v) is 12.2. The smallest absolute Gasteiger partial charge is 0.480 e. The average Bonchev–Trinajstić information content (AvgIpc) is 3.37. The summed E-state index contributed by atoms with van der Waals surface area (Å²) in [5, 5.41) is 16.6. The molecule has 1 saturated heterocycles. The number of hydrogen-bond donors (Lipinski definition) is 4. The van der Waals surface area contributed by atoms with Crippen LogP contribution < -0.4 is 16.0 Å². The zero-order valence-corrected chi connectivity index (χ0v) is 16.5. The standard InChI is InChI=1S/C17H24IN3O4/c1-11(2)9-14(16(23)24)21-15(22)10-19-17(25)20-13-5-3-12(4-6-13)18-7-8-18/h3-6,11,14H,7-10H2,1-2H3,(H,21,22)(H,23,24)(H2,19,20,25). The predicted octanol–water partition coefficient (Wildman–Crippen LogP) is 2.11. The van der Waals surface area contributed by atoms with Gasteiger partial charge < -0.3 is 5.11 Å². The van der Waals surface area contributed by atoms with Crippen LogP contribution in [0.1, 0.15) is 20.3 Å². The van der Waals surface area contributed by atoms with Crippen molar-refractivity contribution in [1.82, 2.24) is 10.6 Å². The number of carbonyl (C=O) groups excluding carboxylic acids is 2. The number of carboxylic acid groups (broad SMARTS) is 1. The Morgan fingerprint density at radius 2 is 1.80 bits per heavy atom. The van der Waals surface area contributed by atoms with Crippen molar-refractivity contribution >= 4 is 43.4 Å². The summed E-state index contributed by atoms with van der Waals surface area (Å²) in [5.41, 5.74) is 0.669. The SMILES string of the molecule is CC(C)CC(NC(=O)CNC(=O)Nc1ccc(I2CC2)cc1)C(=O)O. The fraction of sp³-hybridized carbons (Fsp3) is 0.471. The first-order chi connectivity index (χ1) is 11.8. The second kappa shape index (κ2) is 9.02. The summed E-state index contributed by atoms with van der Waals surface area (Å²) in [6.07, 6.45) is 0.338. The van der Waals surface area contributed by atoms with Gasteiger partial charge in [0.2, 0.25) is 0 Å². The third kappa shape index (κ3) is 6.89. The van der Waals surface area contributed by atoms with Crippen molar-refractivity contribution < 1.29 is 19.5 Å². The van der Waals surface area contributed by atoms with Crippen LogP contribution in [0.25, 0.3) is 0 Å². The van der Waals surface area contributed by atoms with Crippen molar-refractivity contribution in [2.75, 3.05) is 20.7 Å². The zero-order chi connectivity index (χ0) is 18.4. The molecule has 1 unspecified atom stereocenters. The van der Waals surface area contributed by atoms with Gasteiger partial charge in [0, 0.05) is 0 Å². The Bertz CT molecular complexity index is 629. The number of aliphatic carboxylic acids is 1. The Labute approximate surface area is 154 Å². The molecule has 1 aliphatic rings. The van der Waals surface area contributed by atoms with Crippen molar-refractivity contribution in [3.05, 3.63) is 27.8 Å². The molecule has 2 rings (SSSR count). The number of hydrogen-bond acceptors (Lipinski definition) is 3. The summed E-state index contributed by atoms with van der Waals surface area (Å²) in [6, 6.07) is 6.41. The molecule has 0 bridgehead atoms. The van der Waals surface area contributed by atoms with Crippen LogP contribution in [0.4, 0.5) is 10.5 Å². The Kier molecular flexibility index (Phi) is 7.03. The molecule has 25 heavy (non-hydrogen) atoms. The van der Waals surface area contributed by atoms with E-state index >= 15 is 0 Å². The second-order valence-electron chi connectivity index (χ2n) is 6.24. The van der Waals surface area contributed by atoms with Gasteiger partial charge in [0.15, 0.2) is 0 Å². The van der Waals surface area contributed by atoms with Gasteiger partial charge in [-0.15, -0.1) is 0 Å². The van der Waals surface area contributed by atoms with Crippen LogP contribution in [0.2, 0.25) is 0 Å². The maximum atomic E-state index is 11.8. The first-order valence-electron chi connectivity index (χ1n) is 8.14. The summed E-state index contributed by atoms with van der Waals surface area (Å²) < 4.78 is 4.18. The van der Waals surface area contributed by atoms with Crippen molar-refractivity contribution in [3.8, 4) is 0 Å². The Morgan fingerprint density at radius 3 is 2.32 bits per heavy atom. The zero-order valence-electron chi connectivity index (χ0n) is 14.3. The van der Waals surface area contributed by atoms with E-state index in [2.05, 4.69) is 28.1 Å². The molecule has 0 aliphatic carbocycles. The van der Waals surface area contributed by atoms with Crippen LogP contribution >= 0.6 is 19.8 Å². The number of rotatable bonds is 8. The number of carbonyl (C=O) groups is 3. The Hall–Kier alpha value is -1.84. The number of urea groups is 1. The molecule has 0 aromatic heterocycles. The summed E-state index contributed by atoms with van der Waals surface area (Å²) >= 11 is -0.788. The molecular weight excluding hydrogens is 437 g/mol. The van der Waals surface area contributed by atoms with Crippen LogP contribution in [0.15, 0.2) is 24.3 Å². The van der Waals surface area contributed by atoms with Gasteiger partial charge >= 0.3 is 125 Å². The first-order valence-corrected chi connectivity index (χ1v) is 12.3. The minimum absolute atomic E-state index is 0.139. The third-order valence-electron chi connectivity index (χ3n) is 3.54. The molecule has 0 saturated carbocycles. The molecule has 7 nitrogen and oxygen atoms in total. The molecule has 1 aromatic carbocycles. The monoisotopic (exact) mass is 461 g/mol. The fourth-order valence-electron chi connectivity index (χ4n) is 2.24. The summed E-state index contributed by atoms with van der Waals surface area (Å²) in [4.78, 5) is 34.8. The van der Waals surface area contributed by atoms with Gasteiger partial charge in [0.05, 0.1) is 0 Å². The number of anilines is 1. The molecule has 8 heteroatoms. The van der Waals surface area contributed by atoms with Crippen LogP contribution in [0.5, 0.6) is 0 Å². The van der Waals surface area contributed by atoms with E-state index in [4.69, 9.17) is 5.11 Å². The van der Waals surface area contributed by atoms with Gasteiger partial charge in [-0.2, -0.15) is 0 Å². The Balaban J connectivity index is 1.74. The van der Waals surface area contributed by atoms with Crippen molar-refractivity contribution in [2.45, 2.75) is 26.3 Å². The molecule has 4 N–H and O–H groups in total. The number of nitrogens with one attached hydrogen (secondary N) is 3. The Morgan fingerprint density at radius 1 is 1.16 bits per heavy atom. The normalized spacial score (nSPS) is 15.4. The fourth-order valence-corrected chi connectivity index (χ4v) is 6.43. The predicted molar refractivity (Wildman–Crippen MR) is 105 cm³/mol. The van der Waals surface area contributed by atoms with E-state index in [1.165, 1.54) is 12.4 Å². The van der Waals surface area contributed by atoms with Gasteiger partial charge in [-0.25, -0.2) is 4.79 Å². The summed E-state index contributed by atoms with van der Waals surface area (Å²) in [5.74, 6) is -1.47. The number of benzene rings is 1. The molecule has 0 radical (unpaired) electrons. The van der Waals surface area contributed by atoms with Gasteiger partial charge in [-0.05, 0) is 5.92 Å². The maximum absolute atomic E-state index is 11.8. The molecule has 138 valence electrons. The van der Waals surface area contributed by atoms with Crippen LogP contribution in [-0.4, -0.2) is 44.5 Å². The first kappa shape index (κ1) is 19.5. The van der Waals surface area contributed by atoms with E-state index < -0.39 is 43.8 Å². The molecular formula is C17H24IN3O4. The van der Waals surface area contributed by atoms with E-state index in [-0.39, 0.29) is 12.5 Å².